The number of methoxy groups -OCH3 is 1. The minimum Gasteiger partial charge on any atom is -0.497 e. The zero-order valence-corrected chi connectivity index (χ0v) is 17.5. The van der Waals surface area contributed by atoms with Crippen LogP contribution >= 0.6 is 11.6 Å². The van der Waals surface area contributed by atoms with Crippen molar-refractivity contribution in [2.45, 2.75) is 18.4 Å². The summed E-state index contributed by atoms with van der Waals surface area (Å²) in [6, 6.07) is 7.07. The molecule has 0 spiro atoms. The van der Waals surface area contributed by atoms with Gasteiger partial charge in [0, 0.05) is 53.8 Å². The van der Waals surface area contributed by atoms with E-state index in [1.165, 1.54) is 12.0 Å². The molecule has 0 aromatic heterocycles. The number of aliphatic hydroxyl groups is 1. The molecule has 3 amide bonds. The summed E-state index contributed by atoms with van der Waals surface area (Å²) in [4.78, 5) is 26.4. The van der Waals surface area contributed by atoms with E-state index >= 15 is 0 Å². The van der Waals surface area contributed by atoms with Crippen LogP contribution in [0, 0.1) is 11.6 Å². The van der Waals surface area contributed by atoms with Gasteiger partial charge < -0.3 is 25.4 Å². The zero-order chi connectivity index (χ0) is 22.5. The molecule has 3 N–H and O–H groups in total. The van der Waals surface area contributed by atoms with Gasteiger partial charge in [0.15, 0.2) is 0 Å². The quantitative estimate of drug-likeness (QED) is 0.626. The third-order valence-electron chi connectivity index (χ3n) is 5.10. The van der Waals surface area contributed by atoms with Gasteiger partial charge in [-0.1, -0.05) is 11.6 Å². The smallest absolute Gasteiger partial charge is 0.319 e. The fraction of sp³-hybridized carbons (Fsp3) is 0.333. The molecular formula is C21H22ClF2N3O4. The molecule has 0 aliphatic carbocycles. The van der Waals surface area contributed by atoms with E-state index in [9.17, 15) is 23.5 Å². The van der Waals surface area contributed by atoms with Crippen molar-refractivity contribution in [1.82, 2.24) is 10.2 Å². The maximum absolute atomic E-state index is 14.7. The van der Waals surface area contributed by atoms with Gasteiger partial charge >= 0.3 is 6.03 Å². The molecule has 10 heteroatoms. The summed E-state index contributed by atoms with van der Waals surface area (Å²) >= 11 is 5.84. The van der Waals surface area contributed by atoms with E-state index < -0.39 is 29.6 Å². The minimum absolute atomic E-state index is 0.00721. The molecule has 1 aliphatic heterocycles. The average Bonchev–Trinajstić information content (AvgIpc) is 2.72. The molecule has 2 aromatic carbocycles. The van der Waals surface area contributed by atoms with Crippen LogP contribution in [0.4, 0.5) is 19.3 Å². The zero-order valence-electron chi connectivity index (χ0n) is 16.7. The number of halogens is 3. The molecule has 0 saturated carbocycles. The third kappa shape index (κ3) is 5.42. The molecule has 1 aliphatic rings. The van der Waals surface area contributed by atoms with E-state index in [0.29, 0.717) is 10.7 Å². The number of urea groups is 1. The summed E-state index contributed by atoms with van der Waals surface area (Å²) in [6.07, 6.45) is -0.230. The number of aliphatic hydroxyl groups excluding tert-OH is 1. The molecule has 7 nitrogen and oxygen atoms in total. The first-order chi connectivity index (χ1) is 14.8. The van der Waals surface area contributed by atoms with Gasteiger partial charge in [-0.15, -0.1) is 0 Å². The predicted molar refractivity (Wildman–Crippen MR) is 111 cm³/mol. The third-order valence-corrected chi connectivity index (χ3v) is 5.35. The van der Waals surface area contributed by atoms with Crippen molar-refractivity contribution >= 4 is 29.2 Å². The second-order valence-corrected chi connectivity index (χ2v) is 7.53. The van der Waals surface area contributed by atoms with Crippen LogP contribution in [0.1, 0.15) is 17.9 Å². The number of benzene rings is 2. The number of hydrogen-bond acceptors (Lipinski definition) is 4. The lowest BCUT2D eigenvalue weighted by molar-refractivity contribution is -0.135. The Hall–Kier alpha value is -2.91. The number of rotatable bonds is 6. The lowest BCUT2D eigenvalue weighted by atomic mass is 9.84. The summed E-state index contributed by atoms with van der Waals surface area (Å²) in [6.45, 7) is -0.232. The van der Waals surface area contributed by atoms with Crippen molar-refractivity contribution in [2.24, 2.45) is 0 Å². The van der Waals surface area contributed by atoms with Gasteiger partial charge in [0.25, 0.3) is 0 Å². The first-order valence-corrected chi connectivity index (χ1v) is 9.94. The van der Waals surface area contributed by atoms with Crippen LogP contribution in [0.2, 0.25) is 5.02 Å². The Bertz CT molecular complexity index is 935. The number of hydrogen-bond donors (Lipinski definition) is 3. The van der Waals surface area contributed by atoms with E-state index in [1.54, 1.807) is 24.3 Å². The molecule has 2 atom stereocenters. The van der Waals surface area contributed by atoms with Crippen LogP contribution in [-0.4, -0.2) is 54.8 Å². The first-order valence-electron chi connectivity index (χ1n) is 9.57. The largest absolute Gasteiger partial charge is 0.497 e. The number of anilines is 1. The number of amides is 3. The van der Waals surface area contributed by atoms with Crippen molar-refractivity contribution in [1.29, 1.82) is 0 Å². The lowest BCUT2D eigenvalue weighted by Gasteiger charge is -2.38. The van der Waals surface area contributed by atoms with Crippen molar-refractivity contribution in [3.63, 3.8) is 0 Å². The molecule has 3 rings (SSSR count). The van der Waals surface area contributed by atoms with Gasteiger partial charge in [0.05, 0.1) is 19.8 Å². The number of β-amino-alcohol motifs (C(OH)–C–C–N with tert-alkyl or cyclic N) is 1. The van der Waals surface area contributed by atoms with E-state index in [2.05, 4.69) is 10.6 Å². The summed E-state index contributed by atoms with van der Waals surface area (Å²) in [7, 11) is 1.29. The highest BCUT2D eigenvalue weighted by Crippen LogP contribution is 2.34. The number of carbonyl (C=O) groups is 2. The molecule has 0 unspecified atom stereocenters. The molecule has 1 fully saturated rings. The Morgan fingerprint density at radius 1 is 1.26 bits per heavy atom. The summed E-state index contributed by atoms with van der Waals surface area (Å²) in [5.41, 5.74) is 0.175. The van der Waals surface area contributed by atoms with Crippen LogP contribution in [0.5, 0.6) is 5.75 Å². The molecule has 1 heterocycles. The SMILES string of the molecule is COc1cc(F)c([C@H]2CC(=O)N(CCO)C[C@@H]2NC(=O)Nc2ccc(Cl)cc2)c(F)c1. The average molecular weight is 454 g/mol. The fourth-order valence-electron chi connectivity index (χ4n) is 3.61. The van der Waals surface area contributed by atoms with E-state index in [0.717, 1.165) is 12.1 Å². The summed E-state index contributed by atoms with van der Waals surface area (Å²) in [5, 5.41) is 15.0. The van der Waals surface area contributed by atoms with Crippen LogP contribution in [0.15, 0.2) is 36.4 Å². The number of piperidine rings is 1. The van der Waals surface area contributed by atoms with Gasteiger partial charge in [-0.05, 0) is 24.3 Å². The maximum Gasteiger partial charge on any atom is 0.319 e. The second kappa shape index (κ2) is 9.93. The Labute approximate surface area is 182 Å². The number of ether oxygens (including phenoxy) is 1. The Balaban J connectivity index is 1.86. The molecular weight excluding hydrogens is 432 g/mol. The van der Waals surface area contributed by atoms with E-state index in [1.807, 2.05) is 0 Å². The molecule has 166 valence electrons. The van der Waals surface area contributed by atoms with Gasteiger partial charge in [-0.3, -0.25) is 4.79 Å². The summed E-state index contributed by atoms with van der Waals surface area (Å²) in [5.74, 6) is -3.03. The van der Waals surface area contributed by atoms with Crippen LogP contribution in [0.3, 0.4) is 0 Å². The summed E-state index contributed by atoms with van der Waals surface area (Å²) < 4.78 is 34.3. The highest BCUT2D eigenvalue weighted by Gasteiger charge is 2.38. The Kier molecular flexibility index (Phi) is 7.29. The van der Waals surface area contributed by atoms with Crippen molar-refractivity contribution in [2.75, 3.05) is 32.1 Å². The number of carbonyl (C=O) groups excluding carboxylic acids is 2. The van der Waals surface area contributed by atoms with Gasteiger partial charge in [0.2, 0.25) is 5.91 Å². The van der Waals surface area contributed by atoms with Crippen LogP contribution in [-0.2, 0) is 4.79 Å². The standard InChI is InChI=1S/C21H22ClF2N3O4/c1-31-14-8-16(23)20(17(24)9-14)15-10-19(29)27(6-7-28)11-18(15)26-21(30)25-13-4-2-12(22)3-5-13/h2-5,8-9,15,18,28H,6-7,10-11H2,1H3,(H2,25,26,30)/t15-,18-/m0/s1. The monoisotopic (exact) mass is 453 g/mol. The fourth-order valence-corrected chi connectivity index (χ4v) is 3.74. The first kappa shape index (κ1) is 22.8. The predicted octanol–water partition coefficient (Wildman–Crippen LogP) is 3.13. The van der Waals surface area contributed by atoms with Gasteiger partial charge in [-0.2, -0.15) is 0 Å². The van der Waals surface area contributed by atoms with E-state index in [-0.39, 0.29) is 43.3 Å². The number of likely N-dealkylation sites (tertiary alicyclic amines) is 1. The molecule has 1 saturated heterocycles. The van der Waals surface area contributed by atoms with Crippen LogP contribution in [0.25, 0.3) is 0 Å². The molecule has 2 aromatic rings. The highest BCUT2D eigenvalue weighted by atomic mass is 35.5. The maximum atomic E-state index is 14.7. The number of nitrogens with one attached hydrogen (secondary N) is 2. The molecule has 31 heavy (non-hydrogen) atoms. The van der Waals surface area contributed by atoms with E-state index in [4.69, 9.17) is 16.3 Å². The molecule has 0 radical (unpaired) electrons. The normalized spacial score (nSPS) is 18.6. The second-order valence-electron chi connectivity index (χ2n) is 7.09. The molecule has 0 bridgehead atoms. The minimum atomic E-state index is -0.940. The van der Waals surface area contributed by atoms with Crippen molar-refractivity contribution < 1.29 is 28.2 Å². The Morgan fingerprint density at radius 3 is 2.48 bits per heavy atom. The Morgan fingerprint density at radius 2 is 1.90 bits per heavy atom. The lowest BCUT2D eigenvalue weighted by Crippen LogP contribution is -2.55. The highest BCUT2D eigenvalue weighted by molar-refractivity contribution is 6.30. The van der Waals surface area contributed by atoms with Crippen molar-refractivity contribution in [3.05, 3.63) is 58.6 Å². The van der Waals surface area contributed by atoms with Gasteiger partial charge in [0.1, 0.15) is 17.4 Å². The van der Waals surface area contributed by atoms with Crippen LogP contribution < -0.4 is 15.4 Å². The number of nitrogens with zero attached hydrogens (tertiary/aromatic N) is 1. The van der Waals surface area contributed by atoms with Gasteiger partial charge in [-0.25, -0.2) is 13.6 Å². The topological polar surface area (TPSA) is 90.9 Å². The van der Waals surface area contributed by atoms with Crippen molar-refractivity contribution in [3.8, 4) is 5.75 Å².